The van der Waals surface area contributed by atoms with E-state index in [0.29, 0.717) is 25.0 Å². The van der Waals surface area contributed by atoms with Crippen molar-refractivity contribution >= 4 is 6.09 Å². The minimum absolute atomic E-state index is 0.274. The number of hydrogen-bond acceptors (Lipinski definition) is 2. The second-order valence-corrected chi connectivity index (χ2v) is 5.05. The van der Waals surface area contributed by atoms with Crippen molar-refractivity contribution in [1.82, 2.24) is 5.32 Å². The first-order chi connectivity index (χ1) is 8.74. The molecule has 1 rings (SSSR count). The van der Waals surface area contributed by atoms with E-state index in [9.17, 15) is 4.79 Å². The lowest BCUT2D eigenvalue weighted by molar-refractivity contribution is 0.107. The Kier molecular flexibility index (Phi) is 7.32. The van der Waals surface area contributed by atoms with Gasteiger partial charge in [0.1, 0.15) is 0 Å². The molecule has 18 heavy (non-hydrogen) atoms. The predicted octanol–water partition coefficient (Wildman–Crippen LogP) is 3.34. The number of carbonyl (C=O) groups excluding carboxylic acids is 1. The molecule has 3 heteroatoms. The Hall–Kier alpha value is -1.17. The maximum atomic E-state index is 11.5. The first-order valence-corrected chi connectivity index (χ1v) is 7.10. The molecule has 0 heterocycles. The van der Waals surface area contributed by atoms with Crippen LogP contribution in [0.3, 0.4) is 0 Å². The van der Waals surface area contributed by atoms with Gasteiger partial charge in [0.25, 0.3) is 0 Å². The van der Waals surface area contributed by atoms with E-state index in [2.05, 4.69) is 31.0 Å². The van der Waals surface area contributed by atoms with Crippen LogP contribution in [0.5, 0.6) is 0 Å². The number of amides is 1. The van der Waals surface area contributed by atoms with Crippen molar-refractivity contribution in [2.24, 2.45) is 11.8 Å². The Balaban J connectivity index is 2.24. The van der Waals surface area contributed by atoms with Gasteiger partial charge in [-0.3, -0.25) is 0 Å². The minimum atomic E-state index is -0.274. The van der Waals surface area contributed by atoms with Gasteiger partial charge in [-0.15, -0.1) is 11.8 Å². The average Bonchev–Trinajstić information content (AvgIpc) is 2.34. The lowest BCUT2D eigenvalue weighted by atomic mass is 9.86. The summed E-state index contributed by atoms with van der Waals surface area (Å²) in [6.45, 7) is 5.57. The van der Waals surface area contributed by atoms with Crippen LogP contribution >= 0.6 is 0 Å². The summed E-state index contributed by atoms with van der Waals surface area (Å²) in [5.41, 5.74) is 0. The largest absolute Gasteiger partial charge is 0.449 e. The van der Waals surface area contributed by atoms with Crippen molar-refractivity contribution in [2.45, 2.75) is 52.4 Å². The van der Waals surface area contributed by atoms with Crippen LogP contribution in [-0.4, -0.2) is 19.2 Å². The monoisotopic (exact) mass is 251 g/mol. The fourth-order valence-electron chi connectivity index (χ4n) is 2.10. The Bertz CT molecular complexity index is 303. The topological polar surface area (TPSA) is 38.3 Å². The standard InChI is InChI=1S/C15H25NO2/c1-3-4-11-16-15(17)18-12-14-10-8-6-5-7-9-13(14)2/h13-14H,3-4,7-12H2,1-2H3,(H,16,17). The van der Waals surface area contributed by atoms with Gasteiger partial charge in [-0.2, -0.15) is 0 Å². The van der Waals surface area contributed by atoms with Gasteiger partial charge in [0.15, 0.2) is 0 Å². The molecule has 0 aromatic carbocycles. The van der Waals surface area contributed by atoms with Crippen LogP contribution in [0.15, 0.2) is 0 Å². The van der Waals surface area contributed by atoms with Crippen LogP contribution < -0.4 is 5.32 Å². The molecule has 2 unspecified atom stereocenters. The molecule has 1 aliphatic carbocycles. The first-order valence-electron chi connectivity index (χ1n) is 7.10. The predicted molar refractivity (Wildman–Crippen MR) is 73.2 cm³/mol. The SMILES string of the molecule is CCCCNC(=O)OCC1CCC#CCCC1C. The van der Waals surface area contributed by atoms with Gasteiger partial charge in [0.2, 0.25) is 0 Å². The maximum absolute atomic E-state index is 11.5. The molecule has 102 valence electrons. The van der Waals surface area contributed by atoms with E-state index in [0.717, 1.165) is 38.5 Å². The molecule has 1 N–H and O–H groups in total. The Labute approximate surface area is 111 Å². The summed E-state index contributed by atoms with van der Waals surface area (Å²) >= 11 is 0. The van der Waals surface area contributed by atoms with Crippen molar-refractivity contribution in [3.05, 3.63) is 0 Å². The van der Waals surface area contributed by atoms with E-state index < -0.39 is 0 Å². The highest BCUT2D eigenvalue weighted by Crippen LogP contribution is 2.23. The van der Waals surface area contributed by atoms with Crippen LogP contribution in [-0.2, 0) is 4.74 Å². The molecule has 0 aromatic heterocycles. The average molecular weight is 251 g/mol. The molecule has 0 saturated heterocycles. The second kappa shape index (κ2) is 8.85. The smallest absolute Gasteiger partial charge is 0.407 e. The van der Waals surface area contributed by atoms with E-state index in [-0.39, 0.29) is 6.09 Å². The molecule has 1 amide bonds. The Morgan fingerprint density at radius 1 is 1.33 bits per heavy atom. The van der Waals surface area contributed by atoms with Crippen molar-refractivity contribution < 1.29 is 9.53 Å². The molecule has 3 nitrogen and oxygen atoms in total. The first kappa shape index (κ1) is 14.9. The number of rotatable bonds is 5. The number of alkyl carbamates (subject to hydrolysis) is 1. The zero-order valence-electron chi connectivity index (χ0n) is 11.6. The van der Waals surface area contributed by atoms with Gasteiger partial charge in [-0.05, 0) is 31.1 Å². The van der Waals surface area contributed by atoms with Crippen LogP contribution in [0.25, 0.3) is 0 Å². The molecular formula is C15H25NO2. The van der Waals surface area contributed by atoms with E-state index in [1.807, 2.05) is 0 Å². The molecule has 0 aliphatic heterocycles. The lowest BCUT2D eigenvalue weighted by Gasteiger charge is -2.23. The third-order valence-corrected chi connectivity index (χ3v) is 3.52. The van der Waals surface area contributed by atoms with Gasteiger partial charge < -0.3 is 10.1 Å². The third kappa shape index (κ3) is 5.95. The van der Waals surface area contributed by atoms with Gasteiger partial charge in [0.05, 0.1) is 6.61 Å². The molecule has 0 aromatic rings. The van der Waals surface area contributed by atoms with Crippen molar-refractivity contribution in [3.63, 3.8) is 0 Å². The zero-order valence-corrected chi connectivity index (χ0v) is 11.6. The van der Waals surface area contributed by atoms with Crippen LogP contribution in [0.4, 0.5) is 4.79 Å². The van der Waals surface area contributed by atoms with E-state index in [4.69, 9.17) is 4.74 Å². The number of ether oxygens (including phenoxy) is 1. The zero-order chi connectivity index (χ0) is 13.2. The Morgan fingerprint density at radius 3 is 2.78 bits per heavy atom. The molecule has 0 spiro atoms. The fraction of sp³-hybridized carbons (Fsp3) is 0.800. The van der Waals surface area contributed by atoms with Crippen molar-refractivity contribution in [3.8, 4) is 11.8 Å². The summed E-state index contributed by atoms with van der Waals surface area (Å²) in [6.07, 6.45) is 5.86. The lowest BCUT2D eigenvalue weighted by Crippen LogP contribution is -2.29. The minimum Gasteiger partial charge on any atom is -0.449 e. The highest BCUT2D eigenvalue weighted by atomic mass is 16.5. The van der Waals surface area contributed by atoms with Crippen molar-refractivity contribution in [1.29, 1.82) is 0 Å². The Morgan fingerprint density at radius 2 is 2.06 bits per heavy atom. The molecule has 0 radical (unpaired) electrons. The molecule has 0 bridgehead atoms. The fourth-order valence-corrected chi connectivity index (χ4v) is 2.10. The molecule has 2 atom stereocenters. The summed E-state index contributed by atoms with van der Waals surface area (Å²) in [5, 5.41) is 2.78. The van der Waals surface area contributed by atoms with Crippen LogP contribution in [0, 0.1) is 23.7 Å². The van der Waals surface area contributed by atoms with E-state index in [1.165, 1.54) is 0 Å². The van der Waals surface area contributed by atoms with Gasteiger partial charge in [-0.25, -0.2) is 4.79 Å². The highest BCUT2D eigenvalue weighted by molar-refractivity contribution is 5.67. The van der Waals surface area contributed by atoms with E-state index >= 15 is 0 Å². The number of nitrogens with one attached hydrogen (secondary N) is 1. The highest BCUT2D eigenvalue weighted by Gasteiger charge is 2.19. The molecule has 1 aliphatic rings. The summed E-state index contributed by atoms with van der Waals surface area (Å²) in [5.74, 6) is 7.37. The molecule has 0 fully saturated rings. The van der Waals surface area contributed by atoms with Crippen LogP contribution in [0.2, 0.25) is 0 Å². The molecule has 0 saturated carbocycles. The normalized spacial score (nSPS) is 23.2. The summed E-state index contributed by atoms with van der Waals surface area (Å²) in [4.78, 5) is 11.5. The van der Waals surface area contributed by atoms with Gasteiger partial charge >= 0.3 is 6.09 Å². The van der Waals surface area contributed by atoms with E-state index in [1.54, 1.807) is 0 Å². The quantitative estimate of drug-likeness (QED) is 0.601. The van der Waals surface area contributed by atoms with Gasteiger partial charge in [-0.1, -0.05) is 20.3 Å². The maximum Gasteiger partial charge on any atom is 0.407 e. The number of carbonyl (C=O) groups is 1. The number of unbranched alkanes of at least 4 members (excludes halogenated alkanes) is 1. The summed E-state index contributed by atoms with van der Waals surface area (Å²) < 4.78 is 5.30. The summed E-state index contributed by atoms with van der Waals surface area (Å²) in [6, 6.07) is 0. The van der Waals surface area contributed by atoms with Gasteiger partial charge in [0, 0.05) is 19.4 Å². The second-order valence-electron chi connectivity index (χ2n) is 5.05. The number of hydrogen-bond donors (Lipinski definition) is 1. The third-order valence-electron chi connectivity index (χ3n) is 3.52. The summed E-state index contributed by atoms with van der Waals surface area (Å²) in [7, 11) is 0. The van der Waals surface area contributed by atoms with Crippen molar-refractivity contribution in [2.75, 3.05) is 13.2 Å². The molecular weight excluding hydrogens is 226 g/mol. The van der Waals surface area contributed by atoms with Crippen LogP contribution in [0.1, 0.15) is 52.4 Å².